The average Bonchev–Trinajstić information content (AvgIpc) is 2.80. The molecule has 1 aromatic carbocycles. The topological polar surface area (TPSA) is 43.8 Å². The molecule has 1 aliphatic carbocycles. The van der Waals surface area contributed by atoms with E-state index in [1.165, 1.54) is 5.56 Å². The number of benzene rings is 1. The molecule has 3 rings (SSSR count). The number of likely N-dealkylation sites (N-methyl/N-ethyl adjacent to an activating group) is 1. The van der Waals surface area contributed by atoms with Gasteiger partial charge in [-0.15, -0.1) is 0 Å². The fourth-order valence-electron chi connectivity index (χ4n) is 3.27. The molecule has 108 valence electrons. The van der Waals surface area contributed by atoms with Crippen LogP contribution in [0.5, 0.6) is 0 Å². The number of fused-ring (bicyclic) bond motifs is 1. The molecule has 2 aliphatic rings. The Labute approximate surface area is 120 Å². The van der Waals surface area contributed by atoms with Crippen LogP contribution in [0.2, 0.25) is 0 Å². The molecule has 0 radical (unpaired) electrons. The van der Waals surface area contributed by atoms with Crippen LogP contribution in [0.3, 0.4) is 0 Å². The number of rotatable bonds is 4. The van der Waals surface area contributed by atoms with Crippen molar-refractivity contribution in [1.82, 2.24) is 4.90 Å². The first-order valence-corrected chi connectivity index (χ1v) is 7.38. The van der Waals surface area contributed by atoms with E-state index < -0.39 is 0 Å². The summed E-state index contributed by atoms with van der Waals surface area (Å²) in [6.07, 6.45) is 2.60. The van der Waals surface area contributed by atoms with E-state index in [4.69, 9.17) is 0 Å². The first kappa shape index (κ1) is 13.6. The zero-order valence-corrected chi connectivity index (χ0v) is 12.0. The molecule has 1 fully saturated rings. The van der Waals surface area contributed by atoms with E-state index in [1.54, 1.807) is 0 Å². The van der Waals surface area contributed by atoms with Gasteiger partial charge in [-0.25, -0.2) is 0 Å². The lowest BCUT2D eigenvalue weighted by Gasteiger charge is -2.34. The van der Waals surface area contributed by atoms with E-state index in [9.17, 15) is 9.90 Å². The highest BCUT2D eigenvalue weighted by Gasteiger charge is 2.29. The second kappa shape index (κ2) is 5.54. The zero-order valence-electron chi connectivity index (χ0n) is 12.0. The van der Waals surface area contributed by atoms with Crippen molar-refractivity contribution in [2.45, 2.75) is 25.4 Å². The Kier molecular flexibility index (Phi) is 3.76. The standard InChI is InChI=1S/C16H22N2O2/c1-17(10-12-8-14(19)9-12)11-16(20)18-7-6-13-4-2-3-5-15(13)18/h2-5,12,14,19H,6-11H2,1H3. The average molecular weight is 274 g/mol. The van der Waals surface area contributed by atoms with Gasteiger partial charge in [0, 0.05) is 18.8 Å². The van der Waals surface area contributed by atoms with Crippen LogP contribution in [0.1, 0.15) is 18.4 Å². The summed E-state index contributed by atoms with van der Waals surface area (Å²) in [6, 6.07) is 8.15. The molecule has 4 nitrogen and oxygen atoms in total. The molecule has 1 amide bonds. The molecule has 1 aromatic rings. The molecule has 1 aliphatic heterocycles. The van der Waals surface area contributed by atoms with Crippen LogP contribution in [-0.4, -0.2) is 48.7 Å². The number of aliphatic hydroxyl groups excluding tert-OH is 1. The highest BCUT2D eigenvalue weighted by Crippen LogP contribution is 2.29. The Bertz CT molecular complexity index is 497. The van der Waals surface area contributed by atoms with Crippen LogP contribution >= 0.6 is 0 Å². The third-order valence-electron chi connectivity index (χ3n) is 4.37. The van der Waals surface area contributed by atoms with Gasteiger partial charge in [-0.1, -0.05) is 18.2 Å². The van der Waals surface area contributed by atoms with Gasteiger partial charge >= 0.3 is 0 Å². The van der Waals surface area contributed by atoms with Crippen LogP contribution in [0, 0.1) is 5.92 Å². The maximum Gasteiger partial charge on any atom is 0.241 e. The van der Waals surface area contributed by atoms with Crippen LogP contribution in [0.25, 0.3) is 0 Å². The number of carbonyl (C=O) groups is 1. The normalized spacial score (nSPS) is 24.6. The lowest BCUT2D eigenvalue weighted by Crippen LogP contribution is -2.42. The number of aliphatic hydroxyl groups is 1. The third kappa shape index (κ3) is 2.72. The predicted octanol–water partition coefficient (Wildman–Crippen LogP) is 1.28. The largest absolute Gasteiger partial charge is 0.393 e. The Morgan fingerprint density at radius 1 is 1.40 bits per heavy atom. The number of carbonyl (C=O) groups excluding carboxylic acids is 1. The van der Waals surface area contributed by atoms with Crippen molar-refractivity contribution in [3.8, 4) is 0 Å². The summed E-state index contributed by atoms with van der Waals surface area (Å²) in [6.45, 7) is 2.16. The highest BCUT2D eigenvalue weighted by molar-refractivity contribution is 5.96. The molecule has 0 saturated heterocycles. The number of amides is 1. The van der Waals surface area contributed by atoms with Crippen molar-refractivity contribution >= 4 is 11.6 Å². The quantitative estimate of drug-likeness (QED) is 0.899. The molecule has 1 heterocycles. The fraction of sp³-hybridized carbons (Fsp3) is 0.562. The van der Waals surface area contributed by atoms with Gasteiger partial charge in [-0.05, 0) is 43.9 Å². The van der Waals surface area contributed by atoms with Crippen LogP contribution in [0.15, 0.2) is 24.3 Å². The Morgan fingerprint density at radius 2 is 2.15 bits per heavy atom. The summed E-state index contributed by atoms with van der Waals surface area (Å²) in [5.74, 6) is 0.728. The monoisotopic (exact) mass is 274 g/mol. The van der Waals surface area contributed by atoms with Gasteiger partial charge < -0.3 is 10.0 Å². The maximum absolute atomic E-state index is 12.4. The van der Waals surface area contributed by atoms with Gasteiger partial charge in [0.05, 0.1) is 12.6 Å². The lowest BCUT2D eigenvalue weighted by molar-refractivity contribution is -0.119. The van der Waals surface area contributed by atoms with Crippen LogP contribution in [0.4, 0.5) is 5.69 Å². The molecule has 1 N–H and O–H groups in total. The Hall–Kier alpha value is -1.39. The van der Waals surface area contributed by atoms with Crippen molar-refractivity contribution in [2.75, 3.05) is 31.6 Å². The third-order valence-corrected chi connectivity index (χ3v) is 4.37. The molecule has 0 spiro atoms. The van der Waals surface area contributed by atoms with Gasteiger partial charge in [0.15, 0.2) is 0 Å². The zero-order chi connectivity index (χ0) is 14.1. The smallest absolute Gasteiger partial charge is 0.241 e. The molecular weight excluding hydrogens is 252 g/mol. The maximum atomic E-state index is 12.4. The molecular formula is C16H22N2O2. The second-order valence-corrected chi connectivity index (χ2v) is 6.11. The van der Waals surface area contributed by atoms with Gasteiger partial charge in [-0.3, -0.25) is 9.69 Å². The van der Waals surface area contributed by atoms with Crippen molar-refractivity contribution in [1.29, 1.82) is 0 Å². The number of nitrogens with zero attached hydrogens (tertiary/aromatic N) is 2. The minimum atomic E-state index is -0.116. The number of anilines is 1. The summed E-state index contributed by atoms with van der Waals surface area (Å²) in [7, 11) is 1.99. The van der Waals surface area contributed by atoms with E-state index in [0.717, 1.165) is 38.0 Å². The fourth-order valence-corrected chi connectivity index (χ4v) is 3.27. The van der Waals surface area contributed by atoms with Crippen molar-refractivity contribution in [3.05, 3.63) is 29.8 Å². The van der Waals surface area contributed by atoms with Crippen LogP contribution in [-0.2, 0) is 11.2 Å². The summed E-state index contributed by atoms with van der Waals surface area (Å²) < 4.78 is 0. The van der Waals surface area contributed by atoms with Crippen molar-refractivity contribution in [2.24, 2.45) is 5.92 Å². The number of para-hydroxylation sites is 1. The summed E-state index contributed by atoms with van der Waals surface area (Å²) in [4.78, 5) is 16.4. The summed E-state index contributed by atoms with van der Waals surface area (Å²) >= 11 is 0. The lowest BCUT2D eigenvalue weighted by atomic mass is 9.82. The molecule has 0 unspecified atom stereocenters. The van der Waals surface area contributed by atoms with E-state index in [1.807, 2.05) is 30.1 Å². The number of hydrogen-bond acceptors (Lipinski definition) is 3. The first-order valence-electron chi connectivity index (χ1n) is 7.38. The van der Waals surface area contributed by atoms with E-state index in [2.05, 4.69) is 11.0 Å². The van der Waals surface area contributed by atoms with Gasteiger partial charge in [0.25, 0.3) is 0 Å². The predicted molar refractivity (Wildman–Crippen MR) is 78.7 cm³/mol. The first-order chi connectivity index (χ1) is 9.63. The second-order valence-electron chi connectivity index (χ2n) is 6.11. The molecule has 1 saturated carbocycles. The van der Waals surface area contributed by atoms with Gasteiger partial charge in [-0.2, -0.15) is 0 Å². The van der Waals surface area contributed by atoms with Crippen molar-refractivity contribution < 1.29 is 9.90 Å². The minimum Gasteiger partial charge on any atom is -0.393 e. The Balaban J connectivity index is 1.55. The summed E-state index contributed by atoms with van der Waals surface area (Å²) in [5, 5.41) is 9.30. The SMILES string of the molecule is CN(CC(=O)N1CCc2ccccc21)CC1CC(O)C1. The Morgan fingerprint density at radius 3 is 2.90 bits per heavy atom. The van der Waals surface area contributed by atoms with Gasteiger partial charge in [0.2, 0.25) is 5.91 Å². The van der Waals surface area contributed by atoms with E-state index in [-0.39, 0.29) is 12.0 Å². The molecule has 4 heteroatoms. The van der Waals surface area contributed by atoms with Crippen molar-refractivity contribution in [3.63, 3.8) is 0 Å². The van der Waals surface area contributed by atoms with Gasteiger partial charge in [0.1, 0.15) is 0 Å². The molecule has 0 aromatic heterocycles. The molecule has 0 atom stereocenters. The molecule has 0 bridgehead atoms. The van der Waals surface area contributed by atoms with E-state index >= 15 is 0 Å². The minimum absolute atomic E-state index is 0.116. The molecule has 20 heavy (non-hydrogen) atoms. The highest BCUT2D eigenvalue weighted by atomic mass is 16.3. The van der Waals surface area contributed by atoms with Crippen LogP contribution < -0.4 is 4.90 Å². The number of hydrogen-bond donors (Lipinski definition) is 1. The van der Waals surface area contributed by atoms with E-state index in [0.29, 0.717) is 12.5 Å². The summed E-state index contributed by atoms with van der Waals surface area (Å²) in [5.41, 5.74) is 2.34.